The molecule has 2 N–H and O–H groups in total. The predicted molar refractivity (Wildman–Crippen MR) is 69.8 cm³/mol. The fourth-order valence-corrected chi connectivity index (χ4v) is 3.16. The van der Waals surface area contributed by atoms with Crippen molar-refractivity contribution in [2.75, 3.05) is 0 Å². The minimum atomic E-state index is -3.52. The van der Waals surface area contributed by atoms with Crippen LogP contribution in [0.2, 0.25) is 0 Å². The van der Waals surface area contributed by atoms with Crippen LogP contribution in [0.4, 0.5) is 0 Å². The van der Waals surface area contributed by atoms with Crippen molar-refractivity contribution < 1.29 is 18.3 Å². The molecule has 0 aromatic rings. The number of aliphatic carboxylic acids is 1. The van der Waals surface area contributed by atoms with Gasteiger partial charge in [0.15, 0.2) is 0 Å². The number of hydrogen-bond acceptors (Lipinski definition) is 3. The summed E-state index contributed by atoms with van der Waals surface area (Å²) in [6.07, 6.45) is 5.86. The van der Waals surface area contributed by atoms with Gasteiger partial charge in [0.25, 0.3) is 0 Å². The van der Waals surface area contributed by atoms with Gasteiger partial charge in [0.1, 0.15) is 6.04 Å². The average molecular weight is 277 g/mol. The number of nitrogens with one attached hydrogen (secondary N) is 1. The molecule has 0 amide bonds. The van der Waals surface area contributed by atoms with Gasteiger partial charge in [-0.1, -0.05) is 32.1 Å². The van der Waals surface area contributed by atoms with Crippen molar-refractivity contribution in [1.82, 2.24) is 4.72 Å². The third-order valence-electron chi connectivity index (χ3n) is 3.52. The van der Waals surface area contributed by atoms with Gasteiger partial charge in [-0.3, -0.25) is 4.79 Å². The molecule has 0 aromatic carbocycles. The van der Waals surface area contributed by atoms with E-state index in [9.17, 15) is 13.2 Å². The Bertz CT molecular complexity index is 372. The van der Waals surface area contributed by atoms with Gasteiger partial charge in [0, 0.05) is 0 Å². The van der Waals surface area contributed by atoms with E-state index in [0.717, 1.165) is 25.7 Å². The normalized spacial score (nSPS) is 19.9. The zero-order valence-electron chi connectivity index (χ0n) is 11.1. The van der Waals surface area contributed by atoms with E-state index in [2.05, 4.69) is 4.72 Å². The van der Waals surface area contributed by atoms with Crippen molar-refractivity contribution in [3.8, 4) is 0 Å². The van der Waals surface area contributed by atoms with E-state index in [1.54, 1.807) is 13.8 Å². The fraction of sp³-hybridized carbons (Fsp3) is 0.917. The van der Waals surface area contributed by atoms with Crippen molar-refractivity contribution in [3.63, 3.8) is 0 Å². The summed E-state index contributed by atoms with van der Waals surface area (Å²) in [6, 6.07) is -0.986. The zero-order chi connectivity index (χ0) is 13.8. The van der Waals surface area contributed by atoms with E-state index in [1.807, 2.05) is 0 Å². The minimum absolute atomic E-state index is 0.328. The van der Waals surface area contributed by atoms with Crippen LogP contribution in [0, 0.1) is 5.92 Å². The summed E-state index contributed by atoms with van der Waals surface area (Å²) in [4.78, 5) is 11.1. The van der Waals surface area contributed by atoms with Crippen LogP contribution in [-0.2, 0) is 14.8 Å². The van der Waals surface area contributed by atoms with Crippen LogP contribution in [-0.4, -0.2) is 30.8 Å². The topological polar surface area (TPSA) is 83.5 Å². The second-order valence-electron chi connectivity index (χ2n) is 5.34. The molecule has 0 radical (unpaired) electrons. The van der Waals surface area contributed by atoms with Crippen LogP contribution in [0.25, 0.3) is 0 Å². The molecule has 0 spiro atoms. The predicted octanol–water partition coefficient (Wildman–Crippen LogP) is 1.74. The molecule has 0 heterocycles. The summed E-state index contributed by atoms with van der Waals surface area (Å²) in [5, 5.41) is 8.52. The molecule has 6 heteroatoms. The molecular formula is C12H23NO4S. The van der Waals surface area contributed by atoms with E-state index < -0.39 is 27.3 Å². The van der Waals surface area contributed by atoms with Gasteiger partial charge in [0.2, 0.25) is 10.0 Å². The van der Waals surface area contributed by atoms with Crippen molar-refractivity contribution in [1.29, 1.82) is 0 Å². The Morgan fingerprint density at radius 1 is 1.28 bits per heavy atom. The first-order chi connectivity index (χ1) is 8.33. The Kier molecular flexibility index (Phi) is 5.59. The van der Waals surface area contributed by atoms with E-state index in [4.69, 9.17) is 5.11 Å². The van der Waals surface area contributed by atoms with E-state index >= 15 is 0 Å². The zero-order valence-corrected chi connectivity index (χ0v) is 11.9. The highest BCUT2D eigenvalue weighted by molar-refractivity contribution is 7.90. The maximum absolute atomic E-state index is 11.7. The van der Waals surface area contributed by atoms with E-state index in [-0.39, 0.29) is 0 Å². The second kappa shape index (κ2) is 6.52. The Morgan fingerprint density at radius 3 is 2.28 bits per heavy atom. The summed E-state index contributed by atoms with van der Waals surface area (Å²) in [7, 11) is -3.52. The Morgan fingerprint density at radius 2 is 1.83 bits per heavy atom. The third kappa shape index (κ3) is 4.57. The third-order valence-corrected chi connectivity index (χ3v) is 5.37. The molecule has 1 saturated carbocycles. The highest BCUT2D eigenvalue weighted by Gasteiger charge is 2.29. The lowest BCUT2D eigenvalue weighted by atomic mass is 9.85. The first-order valence-corrected chi connectivity index (χ1v) is 8.11. The first-order valence-electron chi connectivity index (χ1n) is 6.57. The van der Waals surface area contributed by atoms with Gasteiger partial charge < -0.3 is 5.11 Å². The van der Waals surface area contributed by atoms with Gasteiger partial charge >= 0.3 is 5.97 Å². The van der Waals surface area contributed by atoms with Gasteiger partial charge in [-0.2, -0.15) is 0 Å². The van der Waals surface area contributed by atoms with Crippen molar-refractivity contribution in [2.45, 2.75) is 63.7 Å². The highest BCUT2D eigenvalue weighted by Crippen LogP contribution is 2.27. The smallest absolute Gasteiger partial charge is 0.321 e. The quantitative estimate of drug-likeness (QED) is 0.774. The number of hydrogen-bond donors (Lipinski definition) is 2. The first kappa shape index (κ1) is 15.4. The number of carboxylic acids is 1. The SMILES string of the molecule is CC(C)S(=O)(=O)N[C@H](CC1CCCCC1)C(=O)O. The Labute approximate surface area is 109 Å². The van der Waals surface area contributed by atoms with Crippen LogP contribution in [0.1, 0.15) is 52.4 Å². The van der Waals surface area contributed by atoms with E-state index in [0.29, 0.717) is 12.3 Å². The van der Waals surface area contributed by atoms with Gasteiger partial charge in [-0.15, -0.1) is 0 Å². The lowest BCUT2D eigenvalue weighted by molar-refractivity contribution is -0.139. The molecule has 1 fully saturated rings. The summed E-state index contributed by atoms with van der Waals surface area (Å²) < 4.78 is 25.7. The summed E-state index contributed by atoms with van der Waals surface area (Å²) in [5.41, 5.74) is 0. The number of sulfonamides is 1. The molecule has 1 aliphatic rings. The minimum Gasteiger partial charge on any atom is -0.480 e. The van der Waals surface area contributed by atoms with Crippen LogP contribution in [0.5, 0.6) is 0 Å². The average Bonchev–Trinajstić information content (AvgIpc) is 2.29. The summed E-state index contributed by atoms with van der Waals surface area (Å²) >= 11 is 0. The highest BCUT2D eigenvalue weighted by atomic mass is 32.2. The monoisotopic (exact) mass is 277 g/mol. The maximum atomic E-state index is 11.7. The van der Waals surface area contributed by atoms with Gasteiger partial charge in [-0.25, -0.2) is 13.1 Å². The molecule has 5 nitrogen and oxygen atoms in total. The molecule has 1 atom stereocenters. The lowest BCUT2D eigenvalue weighted by Gasteiger charge is -2.25. The van der Waals surface area contributed by atoms with Crippen molar-refractivity contribution in [2.24, 2.45) is 5.92 Å². The molecule has 1 aliphatic carbocycles. The molecule has 0 aromatic heterocycles. The van der Waals surface area contributed by atoms with Crippen molar-refractivity contribution >= 4 is 16.0 Å². The molecule has 0 aliphatic heterocycles. The summed E-state index contributed by atoms with van der Waals surface area (Å²) in [5.74, 6) is -0.750. The molecular weight excluding hydrogens is 254 g/mol. The Hall–Kier alpha value is -0.620. The van der Waals surface area contributed by atoms with Crippen LogP contribution in [0.15, 0.2) is 0 Å². The number of carboxylic acid groups (broad SMARTS) is 1. The second-order valence-corrected chi connectivity index (χ2v) is 7.61. The standard InChI is InChI=1S/C12H23NO4S/c1-9(2)18(16,17)13-11(12(14)15)8-10-6-4-3-5-7-10/h9-11,13H,3-8H2,1-2H3,(H,14,15)/t11-/m1/s1. The largest absolute Gasteiger partial charge is 0.480 e. The maximum Gasteiger partial charge on any atom is 0.321 e. The molecule has 0 bridgehead atoms. The number of rotatable bonds is 6. The Balaban J connectivity index is 2.62. The van der Waals surface area contributed by atoms with E-state index in [1.165, 1.54) is 6.42 Å². The van der Waals surface area contributed by atoms with Gasteiger partial charge in [0.05, 0.1) is 5.25 Å². The molecule has 1 rings (SSSR count). The van der Waals surface area contributed by atoms with Crippen LogP contribution < -0.4 is 4.72 Å². The fourth-order valence-electron chi connectivity index (χ4n) is 2.29. The van der Waals surface area contributed by atoms with Crippen LogP contribution >= 0.6 is 0 Å². The number of carbonyl (C=O) groups is 1. The lowest BCUT2D eigenvalue weighted by Crippen LogP contribution is -2.44. The van der Waals surface area contributed by atoms with Gasteiger partial charge in [-0.05, 0) is 26.2 Å². The molecule has 106 valence electrons. The molecule has 0 saturated heterocycles. The molecule has 18 heavy (non-hydrogen) atoms. The van der Waals surface area contributed by atoms with Crippen LogP contribution in [0.3, 0.4) is 0 Å². The summed E-state index contributed by atoms with van der Waals surface area (Å²) in [6.45, 7) is 3.09. The van der Waals surface area contributed by atoms with Crippen molar-refractivity contribution in [3.05, 3.63) is 0 Å². The molecule has 0 unspecified atom stereocenters.